The lowest BCUT2D eigenvalue weighted by Gasteiger charge is -2.13. The number of methoxy groups -OCH3 is 2. The first-order valence-electron chi connectivity index (χ1n) is 9.97. The summed E-state index contributed by atoms with van der Waals surface area (Å²) in [6.45, 7) is 0.540. The van der Waals surface area contributed by atoms with E-state index in [1.807, 2.05) is 54.6 Å². The number of hydrazone groups is 1. The van der Waals surface area contributed by atoms with Crippen molar-refractivity contribution in [2.75, 3.05) is 20.8 Å². The van der Waals surface area contributed by atoms with Gasteiger partial charge in [0.2, 0.25) is 0 Å². The van der Waals surface area contributed by atoms with E-state index in [0.717, 1.165) is 22.4 Å². The van der Waals surface area contributed by atoms with Crippen LogP contribution in [0.4, 0.5) is 0 Å². The zero-order chi connectivity index (χ0) is 21.6. The van der Waals surface area contributed by atoms with Crippen molar-refractivity contribution < 1.29 is 14.3 Å². The summed E-state index contributed by atoms with van der Waals surface area (Å²) < 4.78 is 10.5. The molecule has 5 nitrogen and oxygen atoms in total. The van der Waals surface area contributed by atoms with E-state index in [9.17, 15) is 4.79 Å². The highest BCUT2D eigenvalue weighted by Crippen LogP contribution is 2.28. The third-order valence-corrected chi connectivity index (χ3v) is 5.01. The van der Waals surface area contributed by atoms with Gasteiger partial charge in [0.1, 0.15) is 0 Å². The van der Waals surface area contributed by atoms with Gasteiger partial charge in [0.25, 0.3) is 5.91 Å². The minimum absolute atomic E-state index is 0.165. The van der Waals surface area contributed by atoms with Crippen molar-refractivity contribution in [3.8, 4) is 23.3 Å². The first-order valence-corrected chi connectivity index (χ1v) is 9.97. The van der Waals surface area contributed by atoms with E-state index in [2.05, 4.69) is 16.9 Å². The van der Waals surface area contributed by atoms with Crippen molar-refractivity contribution in [1.29, 1.82) is 0 Å². The fraction of sp³-hybridized carbons (Fsp3) is 0.154. The maximum Gasteiger partial charge on any atom is 0.274 e. The van der Waals surface area contributed by atoms with Gasteiger partial charge in [-0.25, -0.2) is 5.01 Å². The summed E-state index contributed by atoms with van der Waals surface area (Å²) in [4.78, 5) is 12.9. The van der Waals surface area contributed by atoms with E-state index < -0.39 is 0 Å². The Morgan fingerprint density at radius 2 is 1.55 bits per heavy atom. The van der Waals surface area contributed by atoms with E-state index in [1.54, 1.807) is 32.4 Å². The molecule has 0 radical (unpaired) electrons. The van der Waals surface area contributed by atoms with Crippen LogP contribution in [0, 0.1) is 11.8 Å². The molecule has 31 heavy (non-hydrogen) atoms. The maximum absolute atomic E-state index is 12.9. The van der Waals surface area contributed by atoms with Crippen LogP contribution in [0.15, 0.2) is 77.9 Å². The normalized spacial score (nSPS) is 12.6. The molecule has 1 aliphatic rings. The Morgan fingerprint density at radius 1 is 0.871 bits per heavy atom. The van der Waals surface area contributed by atoms with Crippen molar-refractivity contribution in [3.63, 3.8) is 0 Å². The summed E-state index contributed by atoms with van der Waals surface area (Å²) in [6, 6.07) is 23.0. The molecule has 0 saturated heterocycles. The number of hydrogen-bond acceptors (Lipinski definition) is 4. The van der Waals surface area contributed by atoms with Crippen LogP contribution in [0.3, 0.4) is 0 Å². The molecule has 0 aliphatic carbocycles. The van der Waals surface area contributed by atoms with Gasteiger partial charge in [-0.3, -0.25) is 4.79 Å². The quantitative estimate of drug-likeness (QED) is 0.601. The van der Waals surface area contributed by atoms with Crippen LogP contribution in [0.1, 0.15) is 33.5 Å². The Morgan fingerprint density at radius 3 is 2.23 bits per heavy atom. The fourth-order valence-corrected chi connectivity index (χ4v) is 3.34. The molecule has 5 heteroatoms. The molecule has 4 rings (SSSR count). The molecule has 0 bridgehead atoms. The second-order valence-corrected chi connectivity index (χ2v) is 6.99. The van der Waals surface area contributed by atoms with Gasteiger partial charge in [0.05, 0.1) is 26.5 Å². The molecular weight excluding hydrogens is 388 g/mol. The Kier molecular flexibility index (Phi) is 6.00. The summed E-state index contributed by atoms with van der Waals surface area (Å²) >= 11 is 0. The van der Waals surface area contributed by atoms with Crippen LogP contribution in [0.25, 0.3) is 0 Å². The number of carbonyl (C=O) groups is 1. The van der Waals surface area contributed by atoms with E-state index in [-0.39, 0.29) is 5.91 Å². The molecule has 3 aromatic carbocycles. The number of amides is 1. The van der Waals surface area contributed by atoms with Gasteiger partial charge < -0.3 is 9.47 Å². The minimum atomic E-state index is -0.165. The number of benzene rings is 3. The zero-order valence-electron chi connectivity index (χ0n) is 17.5. The van der Waals surface area contributed by atoms with E-state index >= 15 is 0 Å². The lowest BCUT2D eigenvalue weighted by molar-refractivity contribution is 0.0778. The predicted octanol–water partition coefficient (Wildman–Crippen LogP) is 4.35. The summed E-state index contributed by atoms with van der Waals surface area (Å²) in [7, 11) is 3.11. The van der Waals surface area contributed by atoms with Gasteiger partial charge in [-0.2, -0.15) is 5.10 Å². The van der Waals surface area contributed by atoms with Gasteiger partial charge in [-0.15, -0.1) is 0 Å². The van der Waals surface area contributed by atoms with Crippen molar-refractivity contribution >= 4 is 11.6 Å². The highest BCUT2D eigenvalue weighted by atomic mass is 16.5. The Hall–Kier alpha value is -4.04. The summed E-state index contributed by atoms with van der Waals surface area (Å²) in [5, 5.41) is 6.05. The molecule has 154 valence electrons. The smallest absolute Gasteiger partial charge is 0.274 e. The van der Waals surface area contributed by atoms with Crippen LogP contribution in [0.2, 0.25) is 0 Å². The first kappa shape index (κ1) is 20.2. The average molecular weight is 410 g/mol. The largest absolute Gasteiger partial charge is 0.493 e. The molecule has 1 aliphatic heterocycles. The Bertz CT molecular complexity index is 1170. The molecule has 0 fully saturated rings. The average Bonchev–Trinajstić information content (AvgIpc) is 3.33. The van der Waals surface area contributed by atoms with Gasteiger partial charge >= 0.3 is 0 Å². The number of ether oxygens (including phenoxy) is 2. The van der Waals surface area contributed by atoms with Crippen LogP contribution >= 0.6 is 0 Å². The zero-order valence-corrected chi connectivity index (χ0v) is 17.5. The van der Waals surface area contributed by atoms with Gasteiger partial charge in [-0.1, -0.05) is 42.2 Å². The highest BCUT2D eigenvalue weighted by molar-refractivity contribution is 6.04. The molecule has 0 N–H and O–H groups in total. The topological polar surface area (TPSA) is 51.1 Å². The van der Waals surface area contributed by atoms with Crippen molar-refractivity contribution in [1.82, 2.24) is 5.01 Å². The lowest BCUT2D eigenvalue weighted by Crippen LogP contribution is -2.23. The standard InChI is InChI=1S/C26H22N2O3/c1-30-24-15-14-22(18-25(24)31-2)26(29)28-17-16-23(27-28)21-12-10-20(11-13-21)9-8-19-6-4-3-5-7-19/h3-7,10-15,18H,16-17H2,1-2H3. The van der Waals surface area contributed by atoms with E-state index in [1.165, 1.54) is 5.01 Å². The fourth-order valence-electron chi connectivity index (χ4n) is 3.34. The molecule has 0 saturated carbocycles. The Labute approximate surface area is 181 Å². The van der Waals surface area contributed by atoms with Crippen LogP contribution in [-0.2, 0) is 0 Å². The van der Waals surface area contributed by atoms with Gasteiger partial charge in [0.15, 0.2) is 11.5 Å². The molecule has 0 atom stereocenters. The molecule has 0 spiro atoms. The van der Waals surface area contributed by atoms with Crippen molar-refractivity contribution in [2.24, 2.45) is 5.10 Å². The highest BCUT2D eigenvalue weighted by Gasteiger charge is 2.23. The second kappa shape index (κ2) is 9.19. The molecule has 1 heterocycles. The van der Waals surface area contributed by atoms with Crippen LogP contribution in [-0.4, -0.2) is 37.4 Å². The van der Waals surface area contributed by atoms with E-state index in [4.69, 9.17) is 9.47 Å². The molecule has 0 unspecified atom stereocenters. The van der Waals surface area contributed by atoms with Crippen LogP contribution < -0.4 is 9.47 Å². The second-order valence-electron chi connectivity index (χ2n) is 6.99. The number of hydrogen-bond donors (Lipinski definition) is 0. The summed E-state index contributed by atoms with van der Waals surface area (Å²) in [6.07, 6.45) is 0.702. The monoisotopic (exact) mass is 410 g/mol. The molecular formula is C26H22N2O3. The van der Waals surface area contributed by atoms with Crippen molar-refractivity contribution in [2.45, 2.75) is 6.42 Å². The lowest BCUT2D eigenvalue weighted by atomic mass is 10.1. The van der Waals surface area contributed by atoms with Crippen LogP contribution in [0.5, 0.6) is 11.5 Å². The molecule has 3 aromatic rings. The van der Waals surface area contributed by atoms with Gasteiger partial charge in [-0.05, 0) is 48.0 Å². The van der Waals surface area contributed by atoms with Gasteiger partial charge in [0, 0.05) is 23.1 Å². The maximum atomic E-state index is 12.9. The minimum Gasteiger partial charge on any atom is -0.493 e. The molecule has 0 aromatic heterocycles. The SMILES string of the molecule is COc1ccc(C(=O)N2CCC(c3ccc(C#Cc4ccccc4)cc3)=N2)cc1OC. The predicted molar refractivity (Wildman–Crippen MR) is 121 cm³/mol. The first-order chi connectivity index (χ1) is 15.2. The number of carbonyl (C=O) groups excluding carboxylic acids is 1. The Balaban J connectivity index is 1.48. The van der Waals surface area contributed by atoms with E-state index in [0.29, 0.717) is 30.0 Å². The van der Waals surface area contributed by atoms with Crippen molar-refractivity contribution in [3.05, 3.63) is 95.1 Å². The summed E-state index contributed by atoms with van der Waals surface area (Å²) in [5.74, 6) is 7.26. The number of rotatable bonds is 4. The third kappa shape index (κ3) is 4.59. The summed E-state index contributed by atoms with van der Waals surface area (Å²) in [5.41, 5.74) is 4.30. The third-order valence-electron chi connectivity index (χ3n) is 5.01. The number of nitrogens with zero attached hydrogens (tertiary/aromatic N) is 2. The molecule has 1 amide bonds.